The molecule has 1 aliphatic heterocycles. The van der Waals surface area contributed by atoms with Gasteiger partial charge in [-0.3, -0.25) is 14.5 Å². The fourth-order valence-corrected chi connectivity index (χ4v) is 3.90. The van der Waals surface area contributed by atoms with E-state index >= 15 is 0 Å². The SMILES string of the molecule is O=C(CN1CCCN(C(=O)c2ccccc2Cl)CC1)NC1CCCC1. The number of carbonyl (C=O) groups excluding carboxylic acids is 2. The van der Waals surface area contributed by atoms with Gasteiger partial charge in [-0.1, -0.05) is 36.6 Å². The van der Waals surface area contributed by atoms with Gasteiger partial charge in [0.1, 0.15) is 0 Å². The van der Waals surface area contributed by atoms with E-state index in [4.69, 9.17) is 11.6 Å². The summed E-state index contributed by atoms with van der Waals surface area (Å²) in [6.45, 7) is 3.30. The number of benzene rings is 1. The number of nitrogens with zero attached hydrogens (tertiary/aromatic N) is 2. The largest absolute Gasteiger partial charge is 0.352 e. The molecule has 5 nitrogen and oxygen atoms in total. The second kappa shape index (κ2) is 8.68. The lowest BCUT2D eigenvalue weighted by atomic mass is 10.2. The molecule has 0 atom stereocenters. The number of nitrogens with one attached hydrogen (secondary N) is 1. The summed E-state index contributed by atoms with van der Waals surface area (Å²) in [7, 11) is 0. The van der Waals surface area contributed by atoms with Gasteiger partial charge in [0.2, 0.25) is 5.91 Å². The smallest absolute Gasteiger partial charge is 0.255 e. The fraction of sp³-hybridized carbons (Fsp3) is 0.579. The average molecular weight is 364 g/mol. The van der Waals surface area contributed by atoms with Gasteiger partial charge in [-0.25, -0.2) is 0 Å². The molecule has 2 fully saturated rings. The van der Waals surface area contributed by atoms with E-state index in [-0.39, 0.29) is 11.8 Å². The van der Waals surface area contributed by atoms with Crippen molar-refractivity contribution in [1.29, 1.82) is 0 Å². The summed E-state index contributed by atoms with van der Waals surface area (Å²) in [6.07, 6.45) is 5.51. The van der Waals surface area contributed by atoms with Crippen LogP contribution in [0.15, 0.2) is 24.3 Å². The zero-order chi connectivity index (χ0) is 17.6. The molecular weight excluding hydrogens is 338 g/mol. The molecule has 6 heteroatoms. The quantitative estimate of drug-likeness (QED) is 0.894. The second-order valence-electron chi connectivity index (χ2n) is 6.95. The van der Waals surface area contributed by atoms with Gasteiger partial charge < -0.3 is 10.2 Å². The Bertz CT molecular complexity index is 616. The summed E-state index contributed by atoms with van der Waals surface area (Å²) >= 11 is 6.15. The summed E-state index contributed by atoms with van der Waals surface area (Å²) in [5.74, 6) is 0.0839. The molecule has 0 bridgehead atoms. The van der Waals surface area contributed by atoms with Crippen molar-refractivity contribution in [2.24, 2.45) is 0 Å². The summed E-state index contributed by atoms with van der Waals surface area (Å²) in [5, 5.41) is 3.63. The highest BCUT2D eigenvalue weighted by Crippen LogP contribution is 2.19. The van der Waals surface area contributed by atoms with Crippen LogP contribution < -0.4 is 5.32 Å². The van der Waals surface area contributed by atoms with Gasteiger partial charge in [-0.05, 0) is 31.4 Å². The Kier molecular flexibility index (Phi) is 6.32. The van der Waals surface area contributed by atoms with E-state index in [2.05, 4.69) is 10.2 Å². The first-order valence-electron chi connectivity index (χ1n) is 9.19. The Morgan fingerprint density at radius 2 is 1.80 bits per heavy atom. The molecule has 1 N–H and O–H groups in total. The molecule has 1 aliphatic carbocycles. The van der Waals surface area contributed by atoms with E-state index in [1.54, 1.807) is 12.1 Å². The Morgan fingerprint density at radius 1 is 1.04 bits per heavy atom. The van der Waals surface area contributed by atoms with Crippen LogP contribution in [0.1, 0.15) is 42.5 Å². The van der Waals surface area contributed by atoms with Crippen LogP contribution in [-0.4, -0.2) is 60.4 Å². The van der Waals surface area contributed by atoms with E-state index in [0.29, 0.717) is 42.8 Å². The number of hydrogen-bond donors (Lipinski definition) is 1. The topological polar surface area (TPSA) is 52.7 Å². The molecule has 0 aromatic heterocycles. The Labute approximate surface area is 154 Å². The highest BCUT2D eigenvalue weighted by Gasteiger charge is 2.23. The van der Waals surface area contributed by atoms with Gasteiger partial charge >= 0.3 is 0 Å². The van der Waals surface area contributed by atoms with Crippen molar-refractivity contribution in [2.75, 3.05) is 32.7 Å². The standard InChI is InChI=1S/C19H26ClN3O2/c20-17-9-4-3-8-16(17)19(25)23-11-5-10-22(12-13-23)14-18(24)21-15-6-1-2-7-15/h3-4,8-9,15H,1-2,5-7,10-14H2,(H,21,24). The van der Waals surface area contributed by atoms with Crippen LogP contribution in [-0.2, 0) is 4.79 Å². The van der Waals surface area contributed by atoms with Gasteiger partial charge in [0.15, 0.2) is 0 Å². The molecular formula is C19H26ClN3O2. The second-order valence-corrected chi connectivity index (χ2v) is 7.36. The van der Waals surface area contributed by atoms with E-state index in [9.17, 15) is 9.59 Å². The molecule has 0 unspecified atom stereocenters. The van der Waals surface area contributed by atoms with Crippen molar-refractivity contribution >= 4 is 23.4 Å². The van der Waals surface area contributed by atoms with Crippen LogP contribution >= 0.6 is 11.6 Å². The maximum atomic E-state index is 12.7. The first-order valence-corrected chi connectivity index (χ1v) is 9.57. The summed E-state index contributed by atoms with van der Waals surface area (Å²) in [6, 6.07) is 7.52. The van der Waals surface area contributed by atoms with Crippen molar-refractivity contribution < 1.29 is 9.59 Å². The number of halogens is 1. The first-order chi connectivity index (χ1) is 12.1. The van der Waals surface area contributed by atoms with Crippen molar-refractivity contribution in [3.05, 3.63) is 34.9 Å². The highest BCUT2D eigenvalue weighted by atomic mass is 35.5. The lowest BCUT2D eigenvalue weighted by Gasteiger charge is -2.22. The maximum absolute atomic E-state index is 12.7. The van der Waals surface area contributed by atoms with Gasteiger partial charge in [0.05, 0.1) is 17.1 Å². The van der Waals surface area contributed by atoms with Crippen molar-refractivity contribution in [3.8, 4) is 0 Å². The fourth-order valence-electron chi connectivity index (χ4n) is 3.68. The minimum absolute atomic E-state index is 0.0251. The molecule has 1 aromatic carbocycles. The average Bonchev–Trinajstić information content (AvgIpc) is 2.99. The minimum Gasteiger partial charge on any atom is -0.352 e. The van der Waals surface area contributed by atoms with Crippen molar-refractivity contribution in [3.63, 3.8) is 0 Å². The molecule has 25 heavy (non-hydrogen) atoms. The summed E-state index contributed by atoms with van der Waals surface area (Å²) < 4.78 is 0. The van der Waals surface area contributed by atoms with E-state index in [1.165, 1.54) is 12.8 Å². The monoisotopic (exact) mass is 363 g/mol. The van der Waals surface area contributed by atoms with Crippen LogP contribution in [0.25, 0.3) is 0 Å². The van der Waals surface area contributed by atoms with Gasteiger partial charge in [-0.15, -0.1) is 0 Å². The Hall–Kier alpha value is -1.59. The van der Waals surface area contributed by atoms with Crippen LogP contribution in [0.2, 0.25) is 5.02 Å². The van der Waals surface area contributed by atoms with E-state index < -0.39 is 0 Å². The number of rotatable bonds is 4. The number of amides is 2. The Morgan fingerprint density at radius 3 is 2.56 bits per heavy atom. The molecule has 136 valence electrons. The van der Waals surface area contributed by atoms with Crippen LogP contribution in [0.5, 0.6) is 0 Å². The number of hydrogen-bond acceptors (Lipinski definition) is 3. The molecule has 0 spiro atoms. The molecule has 0 radical (unpaired) electrons. The van der Waals surface area contributed by atoms with Crippen molar-refractivity contribution in [1.82, 2.24) is 15.1 Å². The minimum atomic E-state index is -0.0251. The van der Waals surface area contributed by atoms with Crippen LogP contribution in [0.4, 0.5) is 0 Å². The van der Waals surface area contributed by atoms with Crippen molar-refractivity contribution in [2.45, 2.75) is 38.1 Å². The lowest BCUT2D eigenvalue weighted by molar-refractivity contribution is -0.122. The van der Waals surface area contributed by atoms with Crippen LogP contribution in [0.3, 0.4) is 0 Å². The normalized spacial score (nSPS) is 19.6. The zero-order valence-corrected chi connectivity index (χ0v) is 15.3. The van der Waals surface area contributed by atoms with Gasteiger partial charge in [-0.2, -0.15) is 0 Å². The predicted molar refractivity (Wildman–Crippen MR) is 98.8 cm³/mol. The molecule has 3 rings (SSSR count). The number of carbonyl (C=O) groups is 2. The molecule has 2 amide bonds. The van der Waals surface area contributed by atoms with Crippen LogP contribution in [0, 0.1) is 0 Å². The molecule has 2 aliphatic rings. The first kappa shape index (κ1) is 18.2. The summed E-state index contributed by atoms with van der Waals surface area (Å²) in [5.41, 5.74) is 0.552. The van der Waals surface area contributed by atoms with Gasteiger partial charge in [0.25, 0.3) is 5.91 Å². The maximum Gasteiger partial charge on any atom is 0.255 e. The van der Waals surface area contributed by atoms with Gasteiger partial charge in [0, 0.05) is 32.2 Å². The lowest BCUT2D eigenvalue weighted by Crippen LogP contribution is -2.42. The third-order valence-electron chi connectivity index (χ3n) is 5.07. The van der Waals surface area contributed by atoms with E-state index in [1.807, 2.05) is 17.0 Å². The highest BCUT2D eigenvalue weighted by molar-refractivity contribution is 6.33. The zero-order valence-electron chi connectivity index (χ0n) is 14.5. The third kappa shape index (κ3) is 4.95. The predicted octanol–water partition coefficient (Wildman–Crippen LogP) is 2.55. The Balaban J connectivity index is 1.51. The summed E-state index contributed by atoms with van der Waals surface area (Å²) in [4.78, 5) is 28.9. The molecule has 1 saturated carbocycles. The molecule has 1 heterocycles. The third-order valence-corrected chi connectivity index (χ3v) is 5.40. The van der Waals surface area contributed by atoms with E-state index in [0.717, 1.165) is 25.8 Å². The molecule has 1 saturated heterocycles. The molecule has 1 aromatic rings.